The molecule has 0 fully saturated rings. The molecule has 0 amide bonds. The van der Waals surface area contributed by atoms with Crippen LogP contribution < -0.4 is 5.32 Å². The molecule has 0 saturated carbocycles. The molecule has 0 aliphatic heterocycles. The minimum atomic E-state index is 0.469. The van der Waals surface area contributed by atoms with Crippen LogP contribution >= 0.6 is 0 Å². The number of rotatable bonds is 3. The molecule has 2 aromatic carbocycles. The highest BCUT2D eigenvalue weighted by molar-refractivity contribution is 5.73. The lowest BCUT2D eigenvalue weighted by Crippen LogP contribution is -1.93. The minimum Gasteiger partial charge on any atom is -0.332 e. The van der Waals surface area contributed by atoms with Crippen LogP contribution in [0, 0.1) is 6.57 Å². The Balaban J connectivity index is 1.70. The van der Waals surface area contributed by atoms with Crippen LogP contribution in [0.4, 0.5) is 17.3 Å². The lowest BCUT2D eigenvalue weighted by Gasteiger charge is -2.02. The fraction of sp³-hybridized carbons (Fsp3) is 0. The van der Waals surface area contributed by atoms with E-state index < -0.39 is 0 Å². The van der Waals surface area contributed by atoms with E-state index in [1.807, 2.05) is 54.7 Å². The molecule has 2 aromatic heterocycles. The SMILES string of the molecule is [C-]#[N+]c1ccccc1Nc1nc2ccc(-c3ccccc3)cn2n1. The largest absolute Gasteiger partial charge is 0.332 e. The Morgan fingerprint density at radius 1 is 0.875 bits per heavy atom. The first-order chi connectivity index (χ1) is 11.8. The van der Waals surface area contributed by atoms with Gasteiger partial charge < -0.3 is 5.32 Å². The lowest BCUT2D eigenvalue weighted by atomic mass is 10.1. The van der Waals surface area contributed by atoms with Gasteiger partial charge in [-0.2, -0.15) is 4.98 Å². The van der Waals surface area contributed by atoms with E-state index in [2.05, 4.69) is 32.4 Å². The number of pyridine rings is 1. The summed E-state index contributed by atoms with van der Waals surface area (Å²) in [6, 6.07) is 21.4. The second kappa shape index (κ2) is 5.86. The summed E-state index contributed by atoms with van der Waals surface area (Å²) in [6.45, 7) is 7.22. The van der Waals surface area contributed by atoms with Crippen LogP contribution in [0.2, 0.25) is 0 Å². The summed E-state index contributed by atoms with van der Waals surface area (Å²) < 4.78 is 1.74. The van der Waals surface area contributed by atoms with Gasteiger partial charge in [0.15, 0.2) is 5.65 Å². The molecule has 0 bridgehead atoms. The Morgan fingerprint density at radius 3 is 2.50 bits per heavy atom. The monoisotopic (exact) mass is 311 g/mol. The number of nitrogens with one attached hydrogen (secondary N) is 1. The van der Waals surface area contributed by atoms with E-state index in [9.17, 15) is 0 Å². The van der Waals surface area contributed by atoms with Crippen LogP contribution in [0.3, 0.4) is 0 Å². The maximum absolute atomic E-state index is 7.22. The molecule has 5 nitrogen and oxygen atoms in total. The quantitative estimate of drug-likeness (QED) is 0.558. The third-order valence-corrected chi connectivity index (χ3v) is 3.71. The van der Waals surface area contributed by atoms with Crippen molar-refractivity contribution in [3.63, 3.8) is 0 Å². The number of benzene rings is 2. The van der Waals surface area contributed by atoms with E-state index in [4.69, 9.17) is 6.57 Å². The van der Waals surface area contributed by atoms with Crippen LogP contribution in [0.5, 0.6) is 0 Å². The maximum atomic E-state index is 7.22. The van der Waals surface area contributed by atoms with E-state index in [0.29, 0.717) is 17.3 Å². The van der Waals surface area contributed by atoms with Crippen molar-refractivity contribution in [2.24, 2.45) is 0 Å². The van der Waals surface area contributed by atoms with Crippen molar-refractivity contribution in [3.8, 4) is 11.1 Å². The molecule has 0 spiro atoms. The number of nitrogens with zero attached hydrogens (tertiary/aromatic N) is 4. The Bertz CT molecular complexity index is 1040. The first kappa shape index (κ1) is 14.0. The van der Waals surface area contributed by atoms with Gasteiger partial charge in [0.2, 0.25) is 11.6 Å². The fourth-order valence-corrected chi connectivity index (χ4v) is 2.53. The van der Waals surface area contributed by atoms with Gasteiger partial charge in [0, 0.05) is 17.4 Å². The number of para-hydroxylation sites is 2. The topological polar surface area (TPSA) is 46.6 Å². The number of hydrogen-bond acceptors (Lipinski definition) is 3. The van der Waals surface area contributed by atoms with Gasteiger partial charge in [-0.1, -0.05) is 48.5 Å². The Morgan fingerprint density at radius 2 is 1.67 bits per heavy atom. The summed E-state index contributed by atoms with van der Waals surface area (Å²) in [7, 11) is 0. The summed E-state index contributed by atoms with van der Waals surface area (Å²) >= 11 is 0. The third-order valence-electron chi connectivity index (χ3n) is 3.71. The van der Waals surface area contributed by atoms with Crippen LogP contribution in [-0.2, 0) is 0 Å². The summed E-state index contributed by atoms with van der Waals surface area (Å²) in [5.41, 5.74) is 4.19. The Hall–Kier alpha value is -3.65. The normalized spacial score (nSPS) is 10.5. The second-order valence-corrected chi connectivity index (χ2v) is 5.28. The zero-order valence-corrected chi connectivity index (χ0v) is 12.7. The number of anilines is 2. The van der Waals surface area contributed by atoms with Crippen molar-refractivity contribution < 1.29 is 0 Å². The number of fused-ring (bicyclic) bond motifs is 1. The van der Waals surface area contributed by atoms with Crippen molar-refractivity contribution in [1.29, 1.82) is 0 Å². The molecule has 114 valence electrons. The zero-order valence-electron chi connectivity index (χ0n) is 12.7. The predicted octanol–water partition coefficient (Wildman–Crippen LogP) is 4.69. The van der Waals surface area contributed by atoms with E-state index in [1.54, 1.807) is 10.6 Å². The molecule has 4 rings (SSSR count). The van der Waals surface area contributed by atoms with Crippen LogP contribution in [0.1, 0.15) is 0 Å². The lowest BCUT2D eigenvalue weighted by molar-refractivity contribution is 0.967. The molecule has 2 heterocycles. The highest BCUT2D eigenvalue weighted by Gasteiger charge is 2.07. The Kier molecular flexibility index (Phi) is 3.41. The molecular weight excluding hydrogens is 298 g/mol. The van der Waals surface area contributed by atoms with Crippen LogP contribution in [-0.4, -0.2) is 14.6 Å². The molecule has 0 aliphatic rings. The molecule has 0 radical (unpaired) electrons. The van der Waals surface area contributed by atoms with E-state index in [0.717, 1.165) is 16.8 Å². The van der Waals surface area contributed by atoms with Crippen LogP contribution in [0.25, 0.3) is 21.6 Å². The average Bonchev–Trinajstić information content (AvgIpc) is 3.04. The molecule has 0 aliphatic carbocycles. The minimum absolute atomic E-state index is 0.469. The molecule has 0 atom stereocenters. The maximum Gasteiger partial charge on any atom is 0.246 e. The summed E-state index contributed by atoms with van der Waals surface area (Å²) in [4.78, 5) is 7.96. The van der Waals surface area contributed by atoms with Gasteiger partial charge in [-0.25, -0.2) is 9.36 Å². The number of aromatic nitrogens is 3. The van der Waals surface area contributed by atoms with Gasteiger partial charge in [0.25, 0.3) is 0 Å². The second-order valence-electron chi connectivity index (χ2n) is 5.28. The van der Waals surface area contributed by atoms with Crippen molar-refractivity contribution in [1.82, 2.24) is 14.6 Å². The molecule has 0 unspecified atom stereocenters. The predicted molar refractivity (Wildman–Crippen MR) is 94.4 cm³/mol. The summed E-state index contributed by atoms with van der Waals surface area (Å²) in [5.74, 6) is 0.469. The van der Waals surface area contributed by atoms with Gasteiger partial charge in [-0.3, -0.25) is 0 Å². The molecular formula is C19H13N5. The van der Waals surface area contributed by atoms with Crippen molar-refractivity contribution in [2.45, 2.75) is 0 Å². The van der Waals surface area contributed by atoms with Gasteiger partial charge in [0.05, 0.1) is 6.57 Å². The van der Waals surface area contributed by atoms with Gasteiger partial charge in [0.1, 0.15) is 0 Å². The zero-order chi connectivity index (χ0) is 16.4. The van der Waals surface area contributed by atoms with Gasteiger partial charge in [-0.05, 0) is 23.8 Å². The molecule has 5 heteroatoms. The highest BCUT2D eigenvalue weighted by atomic mass is 15.3. The highest BCUT2D eigenvalue weighted by Crippen LogP contribution is 2.27. The molecule has 1 N–H and O–H groups in total. The first-order valence-corrected chi connectivity index (χ1v) is 7.49. The first-order valence-electron chi connectivity index (χ1n) is 7.49. The van der Waals surface area contributed by atoms with Gasteiger partial charge >= 0.3 is 0 Å². The van der Waals surface area contributed by atoms with E-state index in [1.165, 1.54) is 0 Å². The summed E-state index contributed by atoms with van der Waals surface area (Å²) in [6.07, 6.45) is 1.95. The van der Waals surface area contributed by atoms with Crippen molar-refractivity contribution >= 4 is 23.0 Å². The van der Waals surface area contributed by atoms with E-state index in [-0.39, 0.29) is 0 Å². The average molecular weight is 311 g/mol. The molecule has 0 saturated heterocycles. The van der Waals surface area contributed by atoms with Crippen LogP contribution in [0.15, 0.2) is 72.9 Å². The smallest absolute Gasteiger partial charge is 0.246 e. The summed E-state index contributed by atoms with van der Waals surface area (Å²) in [5, 5.41) is 7.58. The molecule has 4 aromatic rings. The van der Waals surface area contributed by atoms with Gasteiger partial charge in [-0.15, -0.1) is 5.10 Å². The van der Waals surface area contributed by atoms with E-state index >= 15 is 0 Å². The van der Waals surface area contributed by atoms with Crippen molar-refractivity contribution in [3.05, 3.63) is 84.3 Å². The molecule has 24 heavy (non-hydrogen) atoms. The third kappa shape index (κ3) is 2.57. The standard InChI is InChI=1S/C19H13N5/c1-20-16-9-5-6-10-17(16)21-19-22-18-12-11-15(13-24(18)23-19)14-7-3-2-4-8-14/h2-13H,(H,21,23). The van der Waals surface area contributed by atoms with Crippen molar-refractivity contribution in [2.75, 3.05) is 5.32 Å². The fourth-order valence-electron chi connectivity index (χ4n) is 2.53. The Labute approximate surface area is 139 Å². The number of hydrogen-bond donors (Lipinski definition) is 1.